The highest BCUT2D eigenvalue weighted by Gasteiger charge is 2.47. The summed E-state index contributed by atoms with van der Waals surface area (Å²) in [6.07, 6.45) is 6.07. The topological polar surface area (TPSA) is 140 Å². The van der Waals surface area contributed by atoms with Gasteiger partial charge < -0.3 is 34.1 Å². The quantitative estimate of drug-likeness (QED) is 0.244. The van der Waals surface area contributed by atoms with Gasteiger partial charge in [-0.1, -0.05) is 0 Å². The molecular formula is C37H39N9O3. The Bertz CT molecular complexity index is 2160. The fourth-order valence-electron chi connectivity index (χ4n) is 8.36. The standard InChI is InChI=1S/C37H39N9O3/c1-48-31-14-25(37(47)45-20-24-7-9-29(45)33(24)39)12-26-34(31)46(19-22-16-43(17-22)28-4-3-11-40-27(28)15-38)36(41-26)30-13-23-8-10-32(49-2)42-35(23)44(30)18-21-5-6-21/h3-4,8,10-14,21-22,24,29,33H,5-7,9,16-20,39H2,1-2H3/t24-,29-,33-/m1/s1. The summed E-state index contributed by atoms with van der Waals surface area (Å²) in [6.45, 7) is 3.78. The highest BCUT2D eigenvalue weighted by atomic mass is 16.5. The second kappa shape index (κ2) is 11.5. The number of benzene rings is 1. The molecule has 2 bridgehead atoms. The highest BCUT2D eigenvalue weighted by Crippen LogP contribution is 2.41. The van der Waals surface area contributed by atoms with Gasteiger partial charge in [-0.3, -0.25) is 4.79 Å². The molecule has 12 heteroatoms. The third-order valence-corrected chi connectivity index (χ3v) is 11.1. The van der Waals surface area contributed by atoms with Crippen LogP contribution in [0.5, 0.6) is 11.6 Å². The van der Waals surface area contributed by atoms with Crippen LogP contribution in [0.1, 0.15) is 41.7 Å². The van der Waals surface area contributed by atoms with Crippen molar-refractivity contribution in [1.29, 1.82) is 5.26 Å². The number of carbonyl (C=O) groups is 1. The first-order valence-corrected chi connectivity index (χ1v) is 17.2. The fourth-order valence-corrected chi connectivity index (χ4v) is 8.36. The van der Waals surface area contributed by atoms with Gasteiger partial charge in [-0.15, -0.1) is 0 Å². The van der Waals surface area contributed by atoms with Crippen LogP contribution in [0.2, 0.25) is 0 Å². The lowest BCUT2D eigenvalue weighted by Gasteiger charge is -2.41. The maximum absolute atomic E-state index is 14.0. The molecule has 0 spiro atoms. The van der Waals surface area contributed by atoms with Crippen molar-refractivity contribution in [2.75, 3.05) is 38.8 Å². The number of piperidine rings is 1. The molecule has 250 valence electrons. The van der Waals surface area contributed by atoms with Crippen molar-refractivity contribution < 1.29 is 14.3 Å². The molecule has 2 saturated heterocycles. The number of nitrogens with zero attached hydrogens (tertiary/aromatic N) is 8. The lowest BCUT2D eigenvalue weighted by molar-refractivity contribution is 0.0700. The van der Waals surface area contributed by atoms with Crippen LogP contribution in [0.4, 0.5) is 5.69 Å². The van der Waals surface area contributed by atoms with Gasteiger partial charge in [0.05, 0.1) is 31.1 Å². The second-order valence-corrected chi connectivity index (χ2v) is 14.1. The third-order valence-electron chi connectivity index (χ3n) is 11.1. The molecule has 49 heavy (non-hydrogen) atoms. The maximum Gasteiger partial charge on any atom is 0.254 e. The van der Waals surface area contributed by atoms with Crippen molar-refractivity contribution in [2.45, 2.75) is 50.9 Å². The number of likely N-dealkylation sites (tertiary alicyclic amines) is 1. The van der Waals surface area contributed by atoms with E-state index in [9.17, 15) is 10.1 Å². The molecule has 4 aliphatic rings. The zero-order chi connectivity index (χ0) is 33.4. The molecule has 1 amide bonds. The Labute approximate surface area is 284 Å². The Kier molecular flexibility index (Phi) is 7.02. The van der Waals surface area contributed by atoms with Gasteiger partial charge in [0.1, 0.15) is 23.0 Å². The molecule has 9 rings (SSSR count). The average Bonchev–Trinajstić information content (AvgIpc) is 3.48. The SMILES string of the molecule is COc1ccc2cc(-c3nc4cc(C(=O)N5C[C@H]6CC[C@@H]5[C@@H]6N)cc(OC)c4n3CC3CN(c4cccnc4C#N)C3)n(CC3CC3)c2n1. The smallest absolute Gasteiger partial charge is 0.254 e. The largest absolute Gasteiger partial charge is 0.494 e. The summed E-state index contributed by atoms with van der Waals surface area (Å²) in [4.78, 5) is 32.6. The minimum atomic E-state index is -0.0162. The van der Waals surface area contributed by atoms with Crippen molar-refractivity contribution in [3.63, 3.8) is 0 Å². The number of pyridine rings is 2. The molecule has 2 saturated carbocycles. The van der Waals surface area contributed by atoms with Gasteiger partial charge in [0.2, 0.25) is 5.88 Å². The van der Waals surface area contributed by atoms with E-state index in [0.29, 0.717) is 47.8 Å². The van der Waals surface area contributed by atoms with E-state index in [-0.39, 0.29) is 23.9 Å². The first-order chi connectivity index (χ1) is 23.9. The van der Waals surface area contributed by atoms with Gasteiger partial charge in [-0.05, 0) is 73.9 Å². The van der Waals surface area contributed by atoms with E-state index in [1.165, 1.54) is 12.8 Å². The Morgan fingerprint density at radius 1 is 0.980 bits per heavy atom. The second-order valence-electron chi connectivity index (χ2n) is 14.1. The minimum absolute atomic E-state index is 0.0162. The molecule has 1 aromatic carbocycles. The molecule has 6 heterocycles. The Hall–Kier alpha value is -5.15. The lowest BCUT2D eigenvalue weighted by Crippen LogP contribution is -2.49. The maximum atomic E-state index is 14.0. The van der Waals surface area contributed by atoms with E-state index < -0.39 is 0 Å². The highest BCUT2D eigenvalue weighted by molar-refractivity contribution is 6.00. The van der Waals surface area contributed by atoms with E-state index in [2.05, 4.69) is 37.2 Å². The minimum Gasteiger partial charge on any atom is -0.494 e. The summed E-state index contributed by atoms with van der Waals surface area (Å²) >= 11 is 0. The number of hydrogen-bond acceptors (Lipinski definition) is 9. The molecule has 5 aromatic rings. The molecule has 2 aliphatic carbocycles. The molecule has 2 N–H and O–H groups in total. The summed E-state index contributed by atoms with van der Waals surface area (Å²) in [6, 6.07) is 16.1. The molecule has 12 nitrogen and oxygen atoms in total. The number of rotatable bonds is 9. The third kappa shape index (κ3) is 4.90. The van der Waals surface area contributed by atoms with Crippen LogP contribution in [-0.4, -0.2) is 80.8 Å². The molecule has 0 radical (unpaired) electrons. The summed E-state index contributed by atoms with van der Waals surface area (Å²) in [5.41, 5.74) is 11.8. The normalized spacial score (nSPS) is 21.8. The first kappa shape index (κ1) is 29.9. The van der Waals surface area contributed by atoms with E-state index in [0.717, 1.165) is 71.7 Å². The average molecular weight is 658 g/mol. The zero-order valence-electron chi connectivity index (χ0n) is 27.7. The molecular weight excluding hydrogens is 618 g/mol. The van der Waals surface area contributed by atoms with Gasteiger partial charge in [0.25, 0.3) is 5.91 Å². The number of nitriles is 1. The number of ether oxygens (including phenoxy) is 2. The Morgan fingerprint density at radius 2 is 1.82 bits per heavy atom. The number of nitrogens with two attached hydrogens (primary N) is 1. The van der Waals surface area contributed by atoms with Gasteiger partial charge >= 0.3 is 0 Å². The van der Waals surface area contributed by atoms with Gasteiger partial charge in [-0.2, -0.15) is 10.2 Å². The predicted octanol–water partition coefficient (Wildman–Crippen LogP) is 4.44. The predicted molar refractivity (Wildman–Crippen MR) is 184 cm³/mol. The molecule has 3 atom stereocenters. The number of carbonyl (C=O) groups excluding carboxylic acids is 1. The summed E-state index contributed by atoms with van der Waals surface area (Å²) < 4.78 is 16.1. The van der Waals surface area contributed by atoms with E-state index in [4.69, 9.17) is 25.2 Å². The number of amides is 1. The summed E-state index contributed by atoms with van der Waals surface area (Å²) in [5.74, 6) is 3.24. The van der Waals surface area contributed by atoms with Crippen molar-refractivity contribution in [1.82, 2.24) is 29.0 Å². The number of methoxy groups -OCH3 is 2. The van der Waals surface area contributed by atoms with Crippen LogP contribution in [0.3, 0.4) is 0 Å². The van der Waals surface area contributed by atoms with E-state index in [1.807, 2.05) is 35.2 Å². The zero-order valence-corrected chi connectivity index (χ0v) is 27.7. The Morgan fingerprint density at radius 3 is 2.53 bits per heavy atom. The van der Waals surface area contributed by atoms with Gasteiger partial charge in [0.15, 0.2) is 11.5 Å². The Balaban J connectivity index is 1.15. The number of hydrogen-bond donors (Lipinski definition) is 1. The van der Waals surface area contributed by atoms with E-state index >= 15 is 0 Å². The number of anilines is 1. The molecule has 2 aliphatic heterocycles. The van der Waals surface area contributed by atoms with Crippen molar-refractivity contribution in [3.8, 4) is 29.2 Å². The molecule has 0 unspecified atom stereocenters. The van der Waals surface area contributed by atoms with E-state index in [1.54, 1.807) is 20.4 Å². The van der Waals surface area contributed by atoms with Crippen LogP contribution >= 0.6 is 0 Å². The van der Waals surface area contributed by atoms with Gasteiger partial charge in [-0.25, -0.2) is 9.97 Å². The number of imidazole rings is 1. The summed E-state index contributed by atoms with van der Waals surface area (Å²) in [5, 5.41) is 10.7. The molecule has 4 fully saturated rings. The van der Waals surface area contributed by atoms with Crippen molar-refractivity contribution in [2.24, 2.45) is 23.5 Å². The van der Waals surface area contributed by atoms with Crippen molar-refractivity contribution >= 4 is 33.7 Å². The van der Waals surface area contributed by atoms with Gasteiger partial charge in [0, 0.05) is 73.9 Å². The van der Waals surface area contributed by atoms with Crippen LogP contribution in [0.15, 0.2) is 48.7 Å². The fraction of sp³-hybridized carbons (Fsp3) is 0.432. The van der Waals surface area contributed by atoms with Crippen LogP contribution in [0, 0.1) is 29.1 Å². The van der Waals surface area contributed by atoms with Crippen LogP contribution < -0.4 is 20.1 Å². The number of fused-ring (bicyclic) bond motifs is 4. The molecule has 4 aromatic heterocycles. The summed E-state index contributed by atoms with van der Waals surface area (Å²) in [7, 11) is 3.30. The van der Waals surface area contributed by atoms with Crippen molar-refractivity contribution in [3.05, 3.63) is 59.9 Å². The van der Waals surface area contributed by atoms with Crippen LogP contribution in [-0.2, 0) is 13.1 Å². The monoisotopic (exact) mass is 657 g/mol. The first-order valence-electron chi connectivity index (χ1n) is 17.2. The van der Waals surface area contributed by atoms with Crippen LogP contribution in [0.25, 0.3) is 33.6 Å². The lowest BCUT2D eigenvalue weighted by atomic mass is 9.98. The number of aromatic nitrogens is 5.